The van der Waals surface area contributed by atoms with Gasteiger partial charge >= 0.3 is 6.18 Å². The van der Waals surface area contributed by atoms with Crippen LogP contribution in [-0.2, 0) is 11.0 Å². The number of amides is 2. The Hall–Kier alpha value is -3.17. The van der Waals surface area contributed by atoms with Gasteiger partial charge in [-0.25, -0.2) is 4.68 Å². The molecule has 7 nitrogen and oxygen atoms in total. The van der Waals surface area contributed by atoms with Gasteiger partial charge in [-0.2, -0.15) is 18.3 Å². The van der Waals surface area contributed by atoms with E-state index in [9.17, 15) is 27.6 Å². The molecule has 1 aliphatic rings. The summed E-state index contributed by atoms with van der Waals surface area (Å²) in [5.74, 6) is -0.975. The third-order valence-corrected chi connectivity index (χ3v) is 5.35. The number of aryl methyl sites for hydroxylation is 1. The van der Waals surface area contributed by atoms with Gasteiger partial charge in [0.25, 0.3) is 5.91 Å². The predicted octanol–water partition coefficient (Wildman–Crippen LogP) is 3.13. The van der Waals surface area contributed by atoms with E-state index in [1.54, 1.807) is 0 Å². The maximum Gasteiger partial charge on any atom is 0.416 e. The van der Waals surface area contributed by atoms with Crippen LogP contribution in [0.2, 0.25) is 0 Å². The Bertz CT molecular complexity index is 1040. The van der Waals surface area contributed by atoms with E-state index in [-0.39, 0.29) is 36.3 Å². The maximum absolute atomic E-state index is 13.0. The first-order valence-electron chi connectivity index (χ1n) is 10.5. The monoisotopic (exact) mass is 450 g/mol. The zero-order chi connectivity index (χ0) is 23.3. The van der Waals surface area contributed by atoms with Gasteiger partial charge in [-0.1, -0.05) is 25.3 Å². The smallest absolute Gasteiger partial charge is 0.353 e. The minimum atomic E-state index is -4.54. The van der Waals surface area contributed by atoms with E-state index >= 15 is 0 Å². The zero-order valence-corrected chi connectivity index (χ0v) is 17.7. The van der Waals surface area contributed by atoms with Crippen molar-refractivity contribution in [1.29, 1.82) is 0 Å². The van der Waals surface area contributed by atoms with Crippen LogP contribution in [0.15, 0.2) is 35.1 Å². The van der Waals surface area contributed by atoms with E-state index in [4.69, 9.17) is 0 Å². The Morgan fingerprint density at radius 1 is 1.16 bits per heavy atom. The zero-order valence-electron chi connectivity index (χ0n) is 17.7. The fraction of sp³-hybridized carbons (Fsp3) is 0.455. The van der Waals surface area contributed by atoms with Gasteiger partial charge in [0.1, 0.15) is 0 Å². The fourth-order valence-electron chi connectivity index (χ4n) is 3.70. The molecule has 2 aromatic rings. The Morgan fingerprint density at radius 2 is 1.88 bits per heavy atom. The number of nitrogens with one attached hydrogen (secondary N) is 2. The van der Waals surface area contributed by atoms with Crippen molar-refractivity contribution in [3.8, 4) is 5.69 Å². The lowest BCUT2D eigenvalue weighted by molar-refractivity contribution is -0.137. The van der Waals surface area contributed by atoms with Crippen LogP contribution in [0.4, 0.5) is 13.2 Å². The second kappa shape index (κ2) is 9.97. The molecule has 0 radical (unpaired) electrons. The molecule has 1 heterocycles. The lowest BCUT2D eigenvalue weighted by atomic mass is 9.95. The maximum atomic E-state index is 13.0. The quantitative estimate of drug-likeness (QED) is 0.707. The van der Waals surface area contributed by atoms with Crippen molar-refractivity contribution in [2.24, 2.45) is 0 Å². The van der Waals surface area contributed by atoms with Gasteiger partial charge in [0.15, 0.2) is 5.69 Å². The van der Waals surface area contributed by atoms with Crippen LogP contribution in [0, 0.1) is 6.92 Å². The topological polar surface area (TPSA) is 93.1 Å². The Kier molecular flexibility index (Phi) is 7.32. The highest BCUT2D eigenvalue weighted by atomic mass is 19.4. The standard InChI is InChI=1S/C22H25F3N4O3/c1-14-12-18(30)20(28-29(14)17-9-5-6-15(13-17)22(23,24)25)21(32)26-11-10-19(31)27-16-7-3-2-4-8-16/h5-6,9,12-13,16H,2-4,7-8,10-11H2,1H3,(H,26,32)(H,27,31). The first-order chi connectivity index (χ1) is 15.1. The second-order valence-corrected chi connectivity index (χ2v) is 7.87. The molecule has 32 heavy (non-hydrogen) atoms. The van der Waals surface area contributed by atoms with Gasteiger partial charge in [-0.05, 0) is 38.0 Å². The first kappa shape index (κ1) is 23.5. The molecule has 172 valence electrons. The molecule has 1 aromatic carbocycles. The summed E-state index contributed by atoms with van der Waals surface area (Å²) in [4.78, 5) is 36.8. The molecular formula is C22H25F3N4O3. The van der Waals surface area contributed by atoms with Crippen molar-refractivity contribution in [1.82, 2.24) is 20.4 Å². The summed E-state index contributed by atoms with van der Waals surface area (Å²) in [6.45, 7) is 1.52. The van der Waals surface area contributed by atoms with Crippen molar-refractivity contribution in [2.75, 3.05) is 6.54 Å². The van der Waals surface area contributed by atoms with E-state index in [0.29, 0.717) is 0 Å². The van der Waals surface area contributed by atoms with Crippen LogP contribution in [0.25, 0.3) is 5.69 Å². The van der Waals surface area contributed by atoms with E-state index in [1.165, 1.54) is 25.5 Å². The molecule has 0 saturated heterocycles. The Labute approximate surface area is 183 Å². The minimum absolute atomic E-state index is 0.00986. The summed E-state index contributed by atoms with van der Waals surface area (Å²) in [5.41, 5.74) is -1.64. The third kappa shape index (κ3) is 5.95. The number of aromatic nitrogens is 2. The van der Waals surface area contributed by atoms with E-state index < -0.39 is 28.8 Å². The molecule has 1 aliphatic carbocycles. The Morgan fingerprint density at radius 3 is 2.56 bits per heavy atom. The summed E-state index contributed by atoms with van der Waals surface area (Å²) >= 11 is 0. The largest absolute Gasteiger partial charge is 0.416 e. The van der Waals surface area contributed by atoms with Gasteiger partial charge in [0, 0.05) is 30.8 Å². The average molecular weight is 450 g/mol. The molecule has 0 unspecified atom stereocenters. The molecule has 1 aromatic heterocycles. The lowest BCUT2D eigenvalue weighted by Crippen LogP contribution is -2.39. The summed E-state index contributed by atoms with van der Waals surface area (Å²) in [5, 5.41) is 9.40. The van der Waals surface area contributed by atoms with Crippen molar-refractivity contribution >= 4 is 11.8 Å². The van der Waals surface area contributed by atoms with Gasteiger partial charge in [-0.15, -0.1) is 0 Å². The number of hydrogen-bond acceptors (Lipinski definition) is 4. The van der Waals surface area contributed by atoms with Crippen LogP contribution in [0.3, 0.4) is 0 Å². The number of benzene rings is 1. The molecule has 0 aliphatic heterocycles. The molecule has 0 bridgehead atoms. The first-order valence-corrected chi connectivity index (χ1v) is 10.5. The Balaban J connectivity index is 1.68. The normalized spacial score (nSPS) is 14.8. The predicted molar refractivity (Wildman–Crippen MR) is 112 cm³/mol. The van der Waals surface area contributed by atoms with Crippen molar-refractivity contribution in [3.05, 3.63) is 57.5 Å². The lowest BCUT2D eigenvalue weighted by Gasteiger charge is -2.22. The van der Waals surface area contributed by atoms with Crippen LogP contribution in [-0.4, -0.2) is 34.2 Å². The number of alkyl halides is 3. The molecule has 0 atom stereocenters. The molecule has 1 saturated carbocycles. The molecule has 2 amide bonds. The number of rotatable bonds is 6. The van der Waals surface area contributed by atoms with Gasteiger partial charge in [0.05, 0.1) is 11.3 Å². The molecular weight excluding hydrogens is 425 g/mol. The minimum Gasteiger partial charge on any atom is -0.353 e. The number of halogens is 3. The molecule has 2 N–H and O–H groups in total. The molecule has 10 heteroatoms. The van der Waals surface area contributed by atoms with Gasteiger partial charge in [-0.3, -0.25) is 14.4 Å². The highest BCUT2D eigenvalue weighted by molar-refractivity contribution is 5.92. The fourth-order valence-corrected chi connectivity index (χ4v) is 3.70. The SMILES string of the molecule is Cc1cc(=O)c(C(=O)NCCC(=O)NC2CCCCC2)nn1-c1cccc(C(F)(F)F)c1. The van der Waals surface area contributed by atoms with E-state index in [0.717, 1.165) is 48.6 Å². The third-order valence-electron chi connectivity index (χ3n) is 5.35. The highest BCUT2D eigenvalue weighted by Gasteiger charge is 2.30. The summed E-state index contributed by atoms with van der Waals surface area (Å²) in [7, 11) is 0. The highest BCUT2D eigenvalue weighted by Crippen LogP contribution is 2.30. The van der Waals surface area contributed by atoms with Crippen molar-refractivity contribution < 1.29 is 22.8 Å². The number of nitrogens with zero attached hydrogens (tertiary/aromatic N) is 2. The number of carbonyl (C=O) groups is 2. The van der Waals surface area contributed by atoms with Gasteiger partial charge in [0.2, 0.25) is 11.3 Å². The van der Waals surface area contributed by atoms with Gasteiger partial charge < -0.3 is 10.6 Å². The van der Waals surface area contributed by atoms with E-state index in [1.807, 2.05) is 0 Å². The average Bonchev–Trinajstić information content (AvgIpc) is 2.74. The van der Waals surface area contributed by atoms with Crippen molar-refractivity contribution in [2.45, 2.75) is 57.7 Å². The number of hydrogen-bond donors (Lipinski definition) is 2. The van der Waals surface area contributed by atoms with Crippen LogP contribution in [0.5, 0.6) is 0 Å². The molecule has 0 spiro atoms. The number of carbonyl (C=O) groups excluding carboxylic acids is 2. The summed E-state index contributed by atoms with van der Waals surface area (Å²) < 4.78 is 40.2. The van der Waals surface area contributed by atoms with Crippen LogP contribution < -0.4 is 16.1 Å². The van der Waals surface area contributed by atoms with Crippen LogP contribution >= 0.6 is 0 Å². The summed E-state index contributed by atoms with van der Waals surface area (Å²) in [6.07, 6.45) is 0.736. The van der Waals surface area contributed by atoms with Crippen molar-refractivity contribution in [3.63, 3.8) is 0 Å². The van der Waals surface area contributed by atoms with E-state index in [2.05, 4.69) is 15.7 Å². The second-order valence-electron chi connectivity index (χ2n) is 7.87. The molecule has 3 rings (SSSR count). The summed E-state index contributed by atoms with van der Waals surface area (Å²) in [6, 6.07) is 5.73. The van der Waals surface area contributed by atoms with Crippen LogP contribution in [0.1, 0.15) is 60.3 Å². The molecule has 1 fully saturated rings.